The van der Waals surface area contributed by atoms with Crippen LogP contribution < -0.4 is 5.32 Å². The van der Waals surface area contributed by atoms with E-state index in [-0.39, 0.29) is 0 Å². The molecule has 3 aliphatic carbocycles. The highest BCUT2D eigenvalue weighted by molar-refractivity contribution is 5.40. The van der Waals surface area contributed by atoms with Crippen LogP contribution >= 0.6 is 0 Å². The van der Waals surface area contributed by atoms with Gasteiger partial charge in [0.25, 0.3) is 0 Å². The van der Waals surface area contributed by atoms with Crippen LogP contribution in [0.2, 0.25) is 0 Å². The molecule has 1 aromatic carbocycles. The number of rotatable bonds is 6. The summed E-state index contributed by atoms with van der Waals surface area (Å²) in [6.45, 7) is 3.50. The Labute approximate surface area is 129 Å². The van der Waals surface area contributed by atoms with E-state index in [0.29, 0.717) is 0 Å². The number of benzene rings is 1. The minimum absolute atomic E-state index is 0.788. The zero-order valence-corrected chi connectivity index (χ0v) is 13.4. The largest absolute Gasteiger partial charge is 0.314 e. The first kappa shape index (κ1) is 13.8. The maximum Gasteiger partial charge on any atom is 0.0107 e. The van der Waals surface area contributed by atoms with Crippen LogP contribution in [0.1, 0.15) is 62.5 Å². The van der Waals surface area contributed by atoms with E-state index in [1.54, 1.807) is 11.1 Å². The van der Waals surface area contributed by atoms with Crippen molar-refractivity contribution in [3.63, 3.8) is 0 Å². The van der Waals surface area contributed by atoms with Crippen LogP contribution in [0.25, 0.3) is 0 Å². The summed E-state index contributed by atoms with van der Waals surface area (Å²) in [5.41, 5.74) is 3.33. The second-order valence-electron chi connectivity index (χ2n) is 7.60. The summed E-state index contributed by atoms with van der Waals surface area (Å²) in [6, 6.07) is 10.0. The minimum Gasteiger partial charge on any atom is -0.314 e. The van der Waals surface area contributed by atoms with E-state index in [2.05, 4.69) is 36.5 Å². The number of hydrogen-bond acceptors (Lipinski definition) is 1. The SMILES string of the molecule is CCCNC(CC1CCC1)C1C2CCc3ccccc3C21. The fraction of sp³-hybridized carbons (Fsp3) is 0.700. The van der Waals surface area contributed by atoms with Crippen molar-refractivity contribution < 1.29 is 0 Å². The molecule has 2 fully saturated rings. The van der Waals surface area contributed by atoms with Gasteiger partial charge in [-0.15, -0.1) is 0 Å². The van der Waals surface area contributed by atoms with Gasteiger partial charge in [-0.25, -0.2) is 0 Å². The lowest BCUT2D eigenvalue weighted by Crippen LogP contribution is -2.36. The van der Waals surface area contributed by atoms with E-state index < -0.39 is 0 Å². The molecular weight excluding hydrogens is 254 g/mol. The van der Waals surface area contributed by atoms with Gasteiger partial charge >= 0.3 is 0 Å². The lowest BCUT2D eigenvalue weighted by molar-refractivity contribution is 0.244. The van der Waals surface area contributed by atoms with Gasteiger partial charge in [-0.3, -0.25) is 0 Å². The molecule has 114 valence electrons. The van der Waals surface area contributed by atoms with Crippen molar-refractivity contribution in [3.8, 4) is 0 Å². The normalized spacial score (nSPS) is 32.0. The summed E-state index contributed by atoms with van der Waals surface area (Å²) in [4.78, 5) is 0. The number of fused-ring (bicyclic) bond motifs is 3. The number of aryl methyl sites for hydroxylation is 1. The van der Waals surface area contributed by atoms with Crippen molar-refractivity contribution >= 4 is 0 Å². The summed E-state index contributed by atoms with van der Waals surface area (Å²) in [7, 11) is 0. The third kappa shape index (κ3) is 2.54. The van der Waals surface area contributed by atoms with Gasteiger partial charge in [0.15, 0.2) is 0 Å². The van der Waals surface area contributed by atoms with Crippen molar-refractivity contribution in [1.82, 2.24) is 5.32 Å². The topological polar surface area (TPSA) is 12.0 Å². The van der Waals surface area contributed by atoms with Crippen LogP contribution in [-0.2, 0) is 6.42 Å². The molecule has 0 spiro atoms. The van der Waals surface area contributed by atoms with Crippen LogP contribution in [0.5, 0.6) is 0 Å². The standard InChI is InChI=1S/C20H29N/c1-2-12-21-18(13-14-6-5-7-14)20-17-11-10-15-8-3-4-9-16(15)19(17)20/h3-4,8-9,14,17-21H,2,5-7,10-13H2,1H3. The van der Waals surface area contributed by atoms with Gasteiger partial charge in [0.2, 0.25) is 0 Å². The Balaban J connectivity index is 1.49. The van der Waals surface area contributed by atoms with Gasteiger partial charge in [0, 0.05) is 6.04 Å². The molecule has 4 rings (SSSR count). The molecule has 4 unspecified atom stereocenters. The second-order valence-corrected chi connectivity index (χ2v) is 7.60. The minimum atomic E-state index is 0.788. The van der Waals surface area contributed by atoms with E-state index in [4.69, 9.17) is 0 Å². The summed E-state index contributed by atoms with van der Waals surface area (Å²) < 4.78 is 0. The van der Waals surface area contributed by atoms with Crippen LogP contribution in [0, 0.1) is 17.8 Å². The van der Waals surface area contributed by atoms with Crippen LogP contribution in [-0.4, -0.2) is 12.6 Å². The van der Waals surface area contributed by atoms with Gasteiger partial charge < -0.3 is 5.32 Å². The molecule has 0 saturated heterocycles. The Morgan fingerprint density at radius 1 is 1.19 bits per heavy atom. The number of hydrogen-bond donors (Lipinski definition) is 1. The molecule has 1 heteroatoms. The van der Waals surface area contributed by atoms with Crippen LogP contribution in [0.3, 0.4) is 0 Å². The predicted molar refractivity (Wildman–Crippen MR) is 88.5 cm³/mol. The monoisotopic (exact) mass is 283 g/mol. The molecule has 1 N–H and O–H groups in total. The highest BCUT2D eigenvalue weighted by atomic mass is 14.9. The molecule has 1 nitrogen and oxygen atoms in total. The van der Waals surface area contributed by atoms with E-state index >= 15 is 0 Å². The molecule has 0 amide bonds. The summed E-state index contributed by atoms with van der Waals surface area (Å²) >= 11 is 0. The molecule has 1 aromatic rings. The average Bonchev–Trinajstić information content (AvgIpc) is 3.20. The van der Waals surface area contributed by atoms with Crippen molar-refractivity contribution in [1.29, 1.82) is 0 Å². The molecule has 0 heterocycles. The Morgan fingerprint density at radius 3 is 2.81 bits per heavy atom. The lowest BCUT2D eigenvalue weighted by atomic mass is 9.79. The Hall–Kier alpha value is -0.820. The Kier molecular flexibility index (Phi) is 3.79. The third-order valence-electron chi connectivity index (χ3n) is 6.32. The number of nitrogens with one attached hydrogen (secondary N) is 1. The third-order valence-corrected chi connectivity index (χ3v) is 6.32. The van der Waals surface area contributed by atoms with Crippen molar-refractivity contribution in [2.45, 2.75) is 63.8 Å². The molecule has 3 aliphatic rings. The first-order valence-corrected chi connectivity index (χ1v) is 9.19. The van der Waals surface area contributed by atoms with Gasteiger partial charge in [0.1, 0.15) is 0 Å². The van der Waals surface area contributed by atoms with E-state index in [9.17, 15) is 0 Å². The van der Waals surface area contributed by atoms with Gasteiger partial charge in [-0.2, -0.15) is 0 Å². The summed E-state index contributed by atoms with van der Waals surface area (Å²) in [5.74, 6) is 3.82. The van der Waals surface area contributed by atoms with Gasteiger partial charge in [-0.1, -0.05) is 50.5 Å². The average molecular weight is 283 g/mol. The Morgan fingerprint density at radius 2 is 2.05 bits per heavy atom. The van der Waals surface area contributed by atoms with Crippen molar-refractivity contribution in [2.24, 2.45) is 17.8 Å². The van der Waals surface area contributed by atoms with Crippen molar-refractivity contribution in [2.75, 3.05) is 6.54 Å². The molecule has 2 saturated carbocycles. The zero-order chi connectivity index (χ0) is 14.2. The van der Waals surface area contributed by atoms with Crippen LogP contribution in [0.4, 0.5) is 0 Å². The fourth-order valence-corrected chi connectivity index (χ4v) is 4.96. The van der Waals surface area contributed by atoms with Gasteiger partial charge in [-0.05, 0) is 67.0 Å². The maximum absolute atomic E-state index is 3.92. The first-order valence-electron chi connectivity index (χ1n) is 9.19. The van der Waals surface area contributed by atoms with E-state index in [1.807, 2.05) is 0 Å². The smallest absolute Gasteiger partial charge is 0.0107 e. The zero-order valence-electron chi connectivity index (χ0n) is 13.4. The quantitative estimate of drug-likeness (QED) is 0.809. The van der Waals surface area contributed by atoms with Gasteiger partial charge in [0.05, 0.1) is 0 Å². The molecule has 0 bridgehead atoms. The fourth-order valence-electron chi connectivity index (χ4n) is 4.96. The van der Waals surface area contributed by atoms with Crippen LogP contribution in [0.15, 0.2) is 24.3 Å². The maximum atomic E-state index is 3.92. The summed E-state index contributed by atoms with van der Waals surface area (Å²) in [5, 5.41) is 3.92. The highest BCUT2D eigenvalue weighted by Crippen LogP contribution is 2.62. The molecule has 0 aliphatic heterocycles. The first-order chi connectivity index (χ1) is 10.4. The predicted octanol–water partition coefficient (Wildman–Crippen LogP) is 4.52. The second kappa shape index (κ2) is 5.76. The van der Waals surface area contributed by atoms with E-state index in [1.165, 1.54) is 51.5 Å². The molecule has 0 radical (unpaired) electrons. The molecule has 21 heavy (non-hydrogen) atoms. The highest BCUT2D eigenvalue weighted by Gasteiger charge is 2.56. The lowest BCUT2D eigenvalue weighted by Gasteiger charge is -2.31. The van der Waals surface area contributed by atoms with Crippen molar-refractivity contribution in [3.05, 3.63) is 35.4 Å². The van der Waals surface area contributed by atoms with E-state index in [0.717, 1.165) is 29.7 Å². The summed E-state index contributed by atoms with van der Waals surface area (Å²) in [6.07, 6.45) is 9.91. The Bertz CT molecular complexity index is 490. The molecule has 0 aromatic heterocycles. The molecular formula is C20H29N. The molecule has 4 atom stereocenters.